The summed E-state index contributed by atoms with van der Waals surface area (Å²) in [5.74, 6) is 0.406. The summed E-state index contributed by atoms with van der Waals surface area (Å²) in [5.41, 5.74) is 5.43. The number of nitrogens with one attached hydrogen (secondary N) is 1. The molecule has 1 heterocycles. The van der Waals surface area contributed by atoms with Crippen LogP contribution in [-0.4, -0.2) is 42.9 Å². The number of nitrogens with zero attached hydrogens (tertiary/aromatic N) is 1. The highest BCUT2D eigenvalue weighted by atomic mass is 16.2. The van der Waals surface area contributed by atoms with Crippen molar-refractivity contribution in [1.82, 2.24) is 10.2 Å². The summed E-state index contributed by atoms with van der Waals surface area (Å²) in [6, 6.07) is 0. The summed E-state index contributed by atoms with van der Waals surface area (Å²) in [6.45, 7) is 3.07. The van der Waals surface area contributed by atoms with E-state index in [1.807, 2.05) is 4.90 Å². The molecule has 0 aromatic heterocycles. The van der Waals surface area contributed by atoms with Crippen molar-refractivity contribution in [2.45, 2.75) is 64.2 Å². The molecule has 21 heavy (non-hydrogen) atoms. The second kappa shape index (κ2) is 11.5. The Balaban J connectivity index is 1.99. The van der Waals surface area contributed by atoms with Crippen LogP contribution in [0.5, 0.6) is 0 Å². The Morgan fingerprint density at radius 2 is 1.90 bits per heavy atom. The van der Waals surface area contributed by atoms with Gasteiger partial charge in [0.1, 0.15) is 0 Å². The van der Waals surface area contributed by atoms with Gasteiger partial charge in [-0.1, -0.05) is 19.3 Å². The molecule has 5 heteroatoms. The molecule has 0 spiro atoms. The molecule has 122 valence electrons. The lowest BCUT2D eigenvalue weighted by molar-refractivity contribution is -0.130. The van der Waals surface area contributed by atoms with Crippen LogP contribution in [0, 0.1) is 0 Å². The molecular formula is C16H31N3O2. The fraction of sp³-hybridized carbons (Fsp3) is 0.875. The van der Waals surface area contributed by atoms with Gasteiger partial charge in [0.25, 0.3) is 0 Å². The molecule has 5 nitrogen and oxygen atoms in total. The van der Waals surface area contributed by atoms with Crippen molar-refractivity contribution in [1.29, 1.82) is 0 Å². The Morgan fingerprint density at radius 3 is 2.71 bits per heavy atom. The molecule has 0 unspecified atom stereocenters. The number of unbranched alkanes of at least 4 members (excludes halogenated alkanes) is 3. The number of carbonyl (C=O) groups is 2. The van der Waals surface area contributed by atoms with Crippen LogP contribution in [0.3, 0.4) is 0 Å². The molecule has 0 bridgehead atoms. The van der Waals surface area contributed by atoms with Crippen molar-refractivity contribution in [3.05, 3.63) is 0 Å². The molecular weight excluding hydrogens is 266 g/mol. The first-order valence-corrected chi connectivity index (χ1v) is 8.48. The van der Waals surface area contributed by atoms with Crippen LogP contribution in [0.15, 0.2) is 0 Å². The molecule has 2 amide bonds. The summed E-state index contributed by atoms with van der Waals surface area (Å²) in [7, 11) is 0. The lowest BCUT2D eigenvalue weighted by atomic mass is 10.1. The Hall–Kier alpha value is -1.10. The van der Waals surface area contributed by atoms with Crippen LogP contribution in [0.25, 0.3) is 0 Å². The highest BCUT2D eigenvalue weighted by Crippen LogP contribution is 2.11. The van der Waals surface area contributed by atoms with Crippen molar-refractivity contribution in [3.63, 3.8) is 0 Å². The SMILES string of the molecule is NCCCCCCC(=O)NCCCN1CCCCCC1=O. The van der Waals surface area contributed by atoms with Crippen molar-refractivity contribution >= 4 is 11.8 Å². The van der Waals surface area contributed by atoms with E-state index in [2.05, 4.69) is 5.32 Å². The average Bonchev–Trinajstić information content (AvgIpc) is 2.68. The van der Waals surface area contributed by atoms with E-state index in [9.17, 15) is 9.59 Å². The monoisotopic (exact) mass is 297 g/mol. The zero-order chi connectivity index (χ0) is 15.3. The lowest BCUT2D eigenvalue weighted by Gasteiger charge is -2.20. The van der Waals surface area contributed by atoms with Crippen molar-refractivity contribution < 1.29 is 9.59 Å². The molecule has 1 rings (SSSR count). The highest BCUT2D eigenvalue weighted by Gasteiger charge is 2.15. The number of hydrogen-bond donors (Lipinski definition) is 2. The molecule has 3 N–H and O–H groups in total. The third kappa shape index (κ3) is 8.71. The Morgan fingerprint density at radius 1 is 1.10 bits per heavy atom. The largest absolute Gasteiger partial charge is 0.356 e. The molecule has 0 aliphatic carbocycles. The maximum Gasteiger partial charge on any atom is 0.222 e. The van der Waals surface area contributed by atoms with Crippen LogP contribution in [-0.2, 0) is 9.59 Å². The molecule has 0 aromatic carbocycles. The van der Waals surface area contributed by atoms with E-state index in [1.54, 1.807) is 0 Å². The van der Waals surface area contributed by atoms with Gasteiger partial charge in [-0.15, -0.1) is 0 Å². The van der Waals surface area contributed by atoms with Crippen LogP contribution >= 0.6 is 0 Å². The minimum Gasteiger partial charge on any atom is -0.356 e. The molecule has 1 saturated heterocycles. The summed E-state index contributed by atoms with van der Waals surface area (Å²) >= 11 is 0. The van der Waals surface area contributed by atoms with E-state index in [4.69, 9.17) is 5.73 Å². The standard InChI is InChI=1S/C16H31N3O2/c17-11-6-2-1-4-9-15(20)18-12-8-14-19-13-7-3-5-10-16(19)21/h1-14,17H2,(H,18,20). The van der Waals surface area contributed by atoms with Gasteiger partial charge < -0.3 is 16.0 Å². The zero-order valence-electron chi connectivity index (χ0n) is 13.2. The fourth-order valence-corrected chi connectivity index (χ4v) is 2.64. The van der Waals surface area contributed by atoms with Crippen molar-refractivity contribution in [2.75, 3.05) is 26.2 Å². The number of hydrogen-bond acceptors (Lipinski definition) is 3. The van der Waals surface area contributed by atoms with Gasteiger partial charge in [0.05, 0.1) is 0 Å². The number of rotatable bonds is 10. The van der Waals surface area contributed by atoms with Crippen molar-refractivity contribution in [2.24, 2.45) is 5.73 Å². The average molecular weight is 297 g/mol. The Bertz CT molecular complexity index is 308. The maximum absolute atomic E-state index is 11.8. The minimum atomic E-state index is 0.130. The van der Waals surface area contributed by atoms with E-state index < -0.39 is 0 Å². The predicted octanol–water partition coefficient (Wildman–Crippen LogP) is 1.80. The quantitative estimate of drug-likeness (QED) is 0.604. The predicted molar refractivity (Wildman–Crippen MR) is 84.8 cm³/mol. The van der Waals surface area contributed by atoms with Gasteiger partial charge in [0.2, 0.25) is 11.8 Å². The van der Waals surface area contributed by atoms with Crippen LogP contribution in [0.2, 0.25) is 0 Å². The third-order valence-corrected chi connectivity index (χ3v) is 3.96. The van der Waals surface area contributed by atoms with Crippen LogP contribution < -0.4 is 11.1 Å². The smallest absolute Gasteiger partial charge is 0.222 e. The Kier molecular flexibility index (Phi) is 9.87. The van der Waals surface area contributed by atoms with Gasteiger partial charge in [-0.3, -0.25) is 9.59 Å². The first kappa shape index (κ1) is 18.0. The Labute approximate surface area is 128 Å². The first-order chi connectivity index (χ1) is 10.2. The van der Waals surface area contributed by atoms with Gasteiger partial charge in [-0.05, 0) is 38.6 Å². The first-order valence-electron chi connectivity index (χ1n) is 8.48. The maximum atomic E-state index is 11.8. The van der Waals surface area contributed by atoms with Crippen LogP contribution in [0.4, 0.5) is 0 Å². The van der Waals surface area contributed by atoms with E-state index in [0.29, 0.717) is 19.4 Å². The normalized spacial score (nSPS) is 15.9. The molecule has 0 radical (unpaired) electrons. The number of amides is 2. The molecule has 0 aromatic rings. The molecule has 0 saturated carbocycles. The van der Waals surface area contributed by atoms with E-state index in [1.165, 1.54) is 0 Å². The highest BCUT2D eigenvalue weighted by molar-refractivity contribution is 5.76. The van der Waals surface area contributed by atoms with E-state index in [-0.39, 0.29) is 11.8 Å². The van der Waals surface area contributed by atoms with Gasteiger partial charge in [-0.25, -0.2) is 0 Å². The van der Waals surface area contributed by atoms with E-state index in [0.717, 1.165) is 71.0 Å². The zero-order valence-corrected chi connectivity index (χ0v) is 13.2. The molecule has 0 atom stereocenters. The lowest BCUT2D eigenvalue weighted by Crippen LogP contribution is -2.33. The second-order valence-electron chi connectivity index (χ2n) is 5.85. The summed E-state index contributed by atoms with van der Waals surface area (Å²) < 4.78 is 0. The molecule has 1 aliphatic heterocycles. The molecule has 1 aliphatic rings. The fourth-order valence-electron chi connectivity index (χ4n) is 2.64. The molecule has 1 fully saturated rings. The summed E-state index contributed by atoms with van der Waals surface area (Å²) in [4.78, 5) is 25.4. The van der Waals surface area contributed by atoms with Gasteiger partial charge in [0.15, 0.2) is 0 Å². The number of nitrogens with two attached hydrogens (primary N) is 1. The summed E-state index contributed by atoms with van der Waals surface area (Å²) in [5, 5.41) is 2.94. The number of likely N-dealkylation sites (tertiary alicyclic amines) is 1. The van der Waals surface area contributed by atoms with Gasteiger partial charge in [-0.2, -0.15) is 0 Å². The van der Waals surface area contributed by atoms with Gasteiger partial charge in [0, 0.05) is 32.5 Å². The third-order valence-electron chi connectivity index (χ3n) is 3.96. The second-order valence-corrected chi connectivity index (χ2v) is 5.85. The van der Waals surface area contributed by atoms with E-state index >= 15 is 0 Å². The van der Waals surface area contributed by atoms with Gasteiger partial charge >= 0.3 is 0 Å². The number of carbonyl (C=O) groups excluding carboxylic acids is 2. The topological polar surface area (TPSA) is 75.4 Å². The van der Waals surface area contributed by atoms with Crippen molar-refractivity contribution in [3.8, 4) is 0 Å². The van der Waals surface area contributed by atoms with Crippen LogP contribution in [0.1, 0.15) is 64.2 Å². The summed E-state index contributed by atoms with van der Waals surface area (Å²) in [6.07, 6.45) is 9.61. The minimum absolute atomic E-state index is 0.130.